The van der Waals surface area contributed by atoms with Crippen LogP contribution in [0.5, 0.6) is 0 Å². The molecule has 0 saturated heterocycles. The van der Waals surface area contributed by atoms with Crippen LogP contribution in [0.4, 0.5) is 0 Å². The summed E-state index contributed by atoms with van der Waals surface area (Å²) < 4.78 is 0. The maximum absolute atomic E-state index is 11.1. The Morgan fingerprint density at radius 1 is 0.500 bits per heavy atom. The van der Waals surface area contributed by atoms with Crippen molar-refractivity contribution in [3.63, 3.8) is 0 Å². The van der Waals surface area contributed by atoms with Crippen LogP contribution in [0.1, 0.15) is 55.4 Å². The van der Waals surface area contributed by atoms with E-state index in [2.05, 4.69) is 19.6 Å². The smallest absolute Gasteiger partial charge is 0.299 e. The molecular weight excluding hydrogens is 376 g/mol. The number of hydrogen-bond acceptors (Lipinski definition) is 10. The van der Waals surface area contributed by atoms with Crippen molar-refractivity contribution in [2.75, 3.05) is 0 Å². The van der Waals surface area contributed by atoms with Gasteiger partial charge in [0.1, 0.15) is 0 Å². The molecule has 0 unspecified atom stereocenters. The Bertz CT molecular complexity index is 511. The van der Waals surface area contributed by atoms with E-state index in [1.165, 1.54) is 0 Å². The molecule has 0 N–H and O–H groups in total. The van der Waals surface area contributed by atoms with Crippen molar-refractivity contribution in [2.24, 2.45) is 11.8 Å². The zero-order valence-electron chi connectivity index (χ0n) is 17.4. The third-order valence-electron chi connectivity index (χ3n) is 2.74. The van der Waals surface area contributed by atoms with Gasteiger partial charge in [-0.3, -0.25) is 29.0 Å². The van der Waals surface area contributed by atoms with Crippen LogP contribution in [0.15, 0.2) is 0 Å². The topological polar surface area (TPSA) is 139 Å². The van der Waals surface area contributed by atoms with Crippen molar-refractivity contribution in [1.82, 2.24) is 0 Å². The highest BCUT2D eigenvalue weighted by Gasteiger charge is 2.31. The minimum Gasteiger partial charge on any atom is -0.299 e. The second-order valence-corrected chi connectivity index (χ2v) is 6.40. The van der Waals surface area contributed by atoms with Gasteiger partial charge >= 0.3 is 11.9 Å². The molecule has 0 rings (SSSR count). The second-order valence-electron chi connectivity index (χ2n) is 6.40. The van der Waals surface area contributed by atoms with Gasteiger partial charge in [0, 0.05) is 0 Å². The molecule has 0 heterocycles. The Morgan fingerprint density at radius 2 is 0.714 bits per heavy atom. The molecule has 0 aliphatic heterocycles. The van der Waals surface area contributed by atoms with Crippen LogP contribution in [0.2, 0.25) is 0 Å². The van der Waals surface area contributed by atoms with Gasteiger partial charge in [-0.15, -0.1) is 0 Å². The molecule has 0 fully saturated rings. The monoisotopic (exact) mass is 404 g/mol. The van der Waals surface area contributed by atoms with Crippen molar-refractivity contribution in [1.29, 1.82) is 0 Å². The fourth-order valence-corrected chi connectivity index (χ4v) is 1.62. The Kier molecular flexibility index (Phi) is 13.6. The summed E-state index contributed by atoms with van der Waals surface area (Å²) in [5.41, 5.74) is 0. The molecule has 0 aromatic heterocycles. The van der Waals surface area contributed by atoms with Crippen LogP contribution in [0.25, 0.3) is 0 Å². The quantitative estimate of drug-likeness (QED) is 0.297. The lowest BCUT2D eigenvalue weighted by atomic mass is 10.0. The molecule has 160 valence electrons. The van der Waals surface area contributed by atoms with Crippen LogP contribution in [0.3, 0.4) is 0 Å². The fraction of sp³-hybridized carbons (Fsp3) is 0.667. The van der Waals surface area contributed by atoms with Crippen LogP contribution >= 0.6 is 0 Å². The molecule has 0 spiro atoms. The Morgan fingerprint density at radius 3 is 0.857 bits per heavy atom. The largest absolute Gasteiger partial charge is 0.360 e. The van der Waals surface area contributed by atoms with Crippen molar-refractivity contribution < 1.29 is 48.3 Å². The molecule has 0 aromatic rings. The van der Waals surface area contributed by atoms with E-state index in [4.69, 9.17) is 0 Å². The molecule has 0 atom stereocenters. The second kappa shape index (κ2) is 13.7. The molecule has 0 saturated carbocycles. The average Bonchev–Trinajstić information content (AvgIpc) is 2.50. The van der Waals surface area contributed by atoms with Crippen molar-refractivity contribution in [3.05, 3.63) is 0 Å². The average molecular weight is 404 g/mol. The maximum Gasteiger partial charge on any atom is 0.360 e. The maximum atomic E-state index is 11.1. The fourth-order valence-electron chi connectivity index (χ4n) is 1.62. The van der Waals surface area contributed by atoms with Gasteiger partial charge in [-0.2, -0.15) is 9.78 Å². The first kappa shape index (κ1) is 27.8. The standard InChI is InChI=1S/2C9H14O5/c2*1-5(2)13-14-9(12)8(6(3)10)7(4)11/h2*5,8H,1-4H3. The van der Waals surface area contributed by atoms with E-state index in [-0.39, 0.29) is 12.2 Å². The predicted octanol–water partition coefficient (Wildman–Crippen LogP) is 1.33. The van der Waals surface area contributed by atoms with E-state index < -0.39 is 46.9 Å². The Labute approximate surface area is 163 Å². The highest BCUT2D eigenvalue weighted by molar-refractivity contribution is 6.16. The third-order valence-corrected chi connectivity index (χ3v) is 2.74. The summed E-state index contributed by atoms with van der Waals surface area (Å²) in [6.07, 6.45) is -0.614. The van der Waals surface area contributed by atoms with Gasteiger partial charge < -0.3 is 0 Å². The normalized spacial score (nSPS) is 10.4. The van der Waals surface area contributed by atoms with E-state index in [1.54, 1.807) is 27.7 Å². The van der Waals surface area contributed by atoms with Gasteiger partial charge in [0.2, 0.25) is 0 Å². The summed E-state index contributed by atoms with van der Waals surface area (Å²) in [5.74, 6) is -6.84. The van der Waals surface area contributed by atoms with E-state index in [9.17, 15) is 28.8 Å². The summed E-state index contributed by atoms with van der Waals surface area (Å²) in [7, 11) is 0. The lowest BCUT2D eigenvalue weighted by Gasteiger charge is -2.10. The molecule has 0 bridgehead atoms. The lowest BCUT2D eigenvalue weighted by molar-refractivity contribution is -0.293. The van der Waals surface area contributed by atoms with E-state index in [1.807, 2.05) is 0 Å². The van der Waals surface area contributed by atoms with Gasteiger partial charge in [-0.1, -0.05) is 0 Å². The molecule has 28 heavy (non-hydrogen) atoms. The molecule has 10 heteroatoms. The van der Waals surface area contributed by atoms with Gasteiger partial charge in [-0.05, 0) is 55.4 Å². The predicted molar refractivity (Wildman–Crippen MR) is 94.3 cm³/mol. The number of ketones is 4. The van der Waals surface area contributed by atoms with Crippen LogP contribution in [0, 0.1) is 11.8 Å². The highest BCUT2D eigenvalue weighted by atomic mass is 17.2. The van der Waals surface area contributed by atoms with Crippen molar-refractivity contribution >= 4 is 35.1 Å². The number of rotatable bonds is 10. The molecule has 0 radical (unpaired) electrons. The van der Waals surface area contributed by atoms with Crippen molar-refractivity contribution in [2.45, 2.75) is 67.6 Å². The molecular formula is C18H28O10. The SMILES string of the molecule is CC(=O)C(C(C)=O)C(=O)OOC(C)C.CC(=O)C(C(C)=O)C(=O)OOC(C)C. The van der Waals surface area contributed by atoms with Gasteiger partial charge in [-0.25, -0.2) is 9.59 Å². The van der Waals surface area contributed by atoms with Gasteiger partial charge in [0.05, 0.1) is 12.2 Å². The lowest BCUT2D eigenvalue weighted by Crippen LogP contribution is -2.31. The van der Waals surface area contributed by atoms with E-state index in [0.29, 0.717) is 0 Å². The molecule has 0 aromatic carbocycles. The minimum atomic E-state index is -1.37. The van der Waals surface area contributed by atoms with Crippen LogP contribution in [-0.2, 0) is 48.3 Å². The summed E-state index contributed by atoms with van der Waals surface area (Å²) >= 11 is 0. The summed E-state index contributed by atoms with van der Waals surface area (Å²) in [5, 5.41) is 0. The zero-order chi connectivity index (χ0) is 22.6. The summed E-state index contributed by atoms with van der Waals surface area (Å²) in [4.78, 5) is 83.5. The molecule has 0 amide bonds. The first-order valence-electron chi connectivity index (χ1n) is 8.48. The molecule has 0 aliphatic carbocycles. The Hall–Kier alpha value is -2.46. The van der Waals surface area contributed by atoms with Crippen LogP contribution in [-0.4, -0.2) is 47.3 Å². The number of carbonyl (C=O) groups excluding carboxylic acids is 6. The molecule has 0 aliphatic rings. The summed E-state index contributed by atoms with van der Waals surface area (Å²) in [6.45, 7) is 11.2. The first-order chi connectivity index (χ1) is 12.7. The number of hydrogen-bond donors (Lipinski definition) is 0. The minimum absolute atomic E-state index is 0.307. The van der Waals surface area contributed by atoms with Crippen molar-refractivity contribution in [3.8, 4) is 0 Å². The summed E-state index contributed by atoms with van der Waals surface area (Å²) in [6, 6.07) is 0. The molecule has 10 nitrogen and oxygen atoms in total. The highest BCUT2D eigenvalue weighted by Crippen LogP contribution is 2.06. The zero-order valence-corrected chi connectivity index (χ0v) is 17.4. The number of carbonyl (C=O) groups is 6. The first-order valence-corrected chi connectivity index (χ1v) is 8.48. The third kappa shape index (κ3) is 12.0. The van der Waals surface area contributed by atoms with E-state index in [0.717, 1.165) is 27.7 Å². The van der Waals surface area contributed by atoms with Gasteiger partial charge in [0.25, 0.3) is 0 Å². The van der Waals surface area contributed by atoms with E-state index >= 15 is 0 Å². The van der Waals surface area contributed by atoms with Crippen LogP contribution < -0.4 is 0 Å². The number of Topliss-reactive ketones (excluding diaryl/α,β-unsaturated/α-hetero) is 4. The Balaban J connectivity index is 0. The van der Waals surface area contributed by atoms with Gasteiger partial charge in [0.15, 0.2) is 35.0 Å².